The lowest BCUT2D eigenvalue weighted by atomic mass is 10.1. The Morgan fingerprint density at radius 2 is 2.15 bits per heavy atom. The number of hydrogen-bond acceptors (Lipinski definition) is 5. The Hall–Kier alpha value is -1.27. The fourth-order valence-corrected chi connectivity index (χ4v) is 3.23. The largest absolute Gasteiger partial charge is 0.377 e. The van der Waals surface area contributed by atoms with Crippen LogP contribution in [0.1, 0.15) is 32.7 Å². The van der Waals surface area contributed by atoms with Gasteiger partial charge in [0.15, 0.2) is 0 Å². The molecule has 1 fully saturated rings. The number of nitrogens with one attached hydrogen (secondary N) is 1. The monoisotopic (exact) mass is 295 g/mol. The van der Waals surface area contributed by atoms with Crippen LogP contribution in [-0.4, -0.2) is 23.2 Å². The molecule has 1 aromatic rings. The molecule has 1 N–H and O–H groups in total. The van der Waals surface area contributed by atoms with Gasteiger partial charge in [-0.15, -0.1) is 10.2 Å². The zero-order valence-electron chi connectivity index (χ0n) is 12.6. The van der Waals surface area contributed by atoms with Gasteiger partial charge in [-0.05, 0) is 25.2 Å². The third kappa shape index (κ3) is 3.07. The van der Waals surface area contributed by atoms with E-state index >= 15 is 0 Å². The minimum Gasteiger partial charge on any atom is -0.377 e. The molecule has 1 saturated carbocycles. The molecule has 5 nitrogen and oxygen atoms in total. The van der Waals surface area contributed by atoms with Gasteiger partial charge in [0.05, 0.1) is 5.92 Å². The summed E-state index contributed by atoms with van der Waals surface area (Å²) in [5.41, 5.74) is 1.26. The summed E-state index contributed by atoms with van der Waals surface area (Å²) in [7, 11) is 1.61. The second-order valence-corrected chi connectivity index (χ2v) is 7.05. The second-order valence-electron chi connectivity index (χ2n) is 5.99. The van der Waals surface area contributed by atoms with Crippen molar-refractivity contribution in [1.29, 1.82) is 0 Å². The molecule has 2 atom stereocenters. The third-order valence-electron chi connectivity index (χ3n) is 3.67. The van der Waals surface area contributed by atoms with Crippen LogP contribution in [0.4, 0.5) is 5.13 Å². The van der Waals surface area contributed by atoms with E-state index < -0.39 is 0 Å². The van der Waals surface area contributed by atoms with E-state index in [1.807, 2.05) is 0 Å². The van der Waals surface area contributed by atoms with Crippen LogP contribution >= 0.6 is 11.3 Å². The molecule has 1 heterocycles. The smallest absolute Gasteiger partial charge is 0.230 e. The van der Waals surface area contributed by atoms with Crippen LogP contribution < -0.4 is 5.32 Å². The topological polar surface area (TPSA) is 64.1 Å². The number of hydrogen-bond donors (Lipinski definition) is 1. The quantitative estimate of drug-likeness (QED) is 0.848. The highest BCUT2D eigenvalue weighted by Crippen LogP contribution is 2.59. The molecule has 20 heavy (non-hydrogen) atoms. The lowest BCUT2D eigenvalue weighted by Gasteiger charge is -2.01. The molecule has 1 aromatic heterocycles. The van der Waals surface area contributed by atoms with E-state index in [0.717, 1.165) is 5.01 Å². The average Bonchev–Trinajstić information content (AvgIpc) is 2.70. The summed E-state index contributed by atoms with van der Waals surface area (Å²) in [6.45, 7) is 8.79. The van der Waals surface area contributed by atoms with E-state index in [1.165, 1.54) is 16.9 Å². The van der Waals surface area contributed by atoms with E-state index in [0.29, 0.717) is 17.7 Å². The van der Waals surface area contributed by atoms with Crippen molar-refractivity contribution in [3.8, 4) is 0 Å². The first-order valence-corrected chi connectivity index (χ1v) is 7.45. The Bertz CT molecular complexity index is 532. The first kappa shape index (κ1) is 15.1. The van der Waals surface area contributed by atoms with Gasteiger partial charge in [0.2, 0.25) is 11.0 Å². The molecule has 0 saturated heterocycles. The number of anilines is 1. The highest BCUT2D eigenvalue weighted by atomic mass is 32.1. The van der Waals surface area contributed by atoms with Crippen LogP contribution in [-0.2, 0) is 16.1 Å². The van der Waals surface area contributed by atoms with E-state index in [9.17, 15) is 4.79 Å². The van der Waals surface area contributed by atoms with Crippen LogP contribution in [0.3, 0.4) is 0 Å². The van der Waals surface area contributed by atoms with Gasteiger partial charge in [-0.3, -0.25) is 4.79 Å². The minimum absolute atomic E-state index is 0.00664. The first-order chi connectivity index (χ1) is 9.36. The number of amides is 1. The van der Waals surface area contributed by atoms with Crippen molar-refractivity contribution in [1.82, 2.24) is 10.2 Å². The first-order valence-electron chi connectivity index (χ1n) is 6.63. The molecule has 1 aliphatic rings. The van der Waals surface area contributed by atoms with Crippen LogP contribution in [0, 0.1) is 17.3 Å². The summed E-state index contributed by atoms with van der Waals surface area (Å²) >= 11 is 1.35. The molecule has 0 spiro atoms. The summed E-state index contributed by atoms with van der Waals surface area (Å²) in [6.07, 6.45) is 2.18. The molecule has 0 bridgehead atoms. The Labute approximate surface area is 123 Å². The van der Waals surface area contributed by atoms with Gasteiger partial charge >= 0.3 is 0 Å². The van der Waals surface area contributed by atoms with Crippen LogP contribution in [0.2, 0.25) is 0 Å². The molecule has 2 rings (SSSR count). The molecule has 110 valence electrons. The fraction of sp³-hybridized carbons (Fsp3) is 0.643. The summed E-state index contributed by atoms with van der Waals surface area (Å²) in [5.74, 6) is 0.337. The number of aromatic nitrogens is 2. The highest BCUT2D eigenvalue weighted by molar-refractivity contribution is 7.15. The Morgan fingerprint density at radius 1 is 1.45 bits per heavy atom. The lowest BCUT2D eigenvalue weighted by Crippen LogP contribution is -2.16. The Kier molecular flexibility index (Phi) is 4.25. The van der Waals surface area contributed by atoms with Gasteiger partial charge < -0.3 is 10.1 Å². The van der Waals surface area contributed by atoms with Gasteiger partial charge in [0.1, 0.15) is 11.6 Å². The van der Waals surface area contributed by atoms with E-state index in [4.69, 9.17) is 4.74 Å². The molecule has 1 aliphatic carbocycles. The minimum atomic E-state index is 0.00664. The van der Waals surface area contributed by atoms with Gasteiger partial charge in [-0.25, -0.2) is 0 Å². The zero-order chi connectivity index (χ0) is 14.9. The van der Waals surface area contributed by atoms with Crippen molar-refractivity contribution >= 4 is 22.4 Å². The maximum absolute atomic E-state index is 12.3. The summed E-state index contributed by atoms with van der Waals surface area (Å²) in [6, 6.07) is 0. The fourth-order valence-electron chi connectivity index (χ4n) is 2.52. The number of carbonyl (C=O) groups is 1. The predicted molar refractivity (Wildman–Crippen MR) is 79.4 cm³/mol. The molecule has 0 aromatic carbocycles. The second kappa shape index (κ2) is 5.61. The molecular formula is C14H21N3O2S. The molecule has 0 aliphatic heterocycles. The van der Waals surface area contributed by atoms with Crippen molar-refractivity contribution in [3.63, 3.8) is 0 Å². The van der Waals surface area contributed by atoms with Crippen molar-refractivity contribution in [2.45, 2.75) is 34.3 Å². The normalized spacial score (nSPS) is 23.2. The molecule has 0 radical (unpaired) electrons. The Balaban J connectivity index is 2.00. The number of carbonyl (C=O) groups excluding carboxylic acids is 1. The standard InChI is InChI=1S/C14H21N3O2S/c1-8(2)6-9-11(14(9,3)4)12(18)15-13-17-16-10(20-13)7-19-5/h6,9,11H,7H2,1-5H3,(H,15,17,18). The Morgan fingerprint density at radius 3 is 2.75 bits per heavy atom. The van der Waals surface area contributed by atoms with Gasteiger partial charge in [-0.2, -0.15) is 0 Å². The summed E-state index contributed by atoms with van der Waals surface area (Å²) < 4.78 is 4.99. The molecule has 1 amide bonds. The van der Waals surface area contributed by atoms with Gasteiger partial charge in [0, 0.05) is 7.11 Å². The number of rotatable bonds is 5. The van der Waals surface area contributed by atoms with Crippen LogP contribution in [0.25, 0.3) is 0 Å². The molecular weight excluding hydrogens is 274 g/mol. The van der Waals surface area contributed by atoms with Gasteiger partial charge in [-0.1, -0.05) is 36.8 Å². The van der Waals surface area contributed by atoms with Crippen LogP contribution in [0.15, 0.2) is 11.6 Å². The number of ether oxygens (including phenoxy) is 1. The van der Waals surface area contributed by atoms with Crippen molar-refractivity contribution < 1.29 is 9.53 Å². The average molecular weight is 295 g/mol. The van der Waals surface area contributed by atoms with Crippen molar-refractivity contribution in [3.05, 3.63) is 16.7 Å². The molecule has 6 heteroatoms. The van der Waals surface area contributed by atoms with Crippen molar-refractivity contribution in [2.75, 3.05) is 12.4 Å². The molecule has 2 unspecified atom stereocenters. The third-order valence-corrected chi connectivity index (χ3v) is 4.48. The zero-order valence-corrected chi connectivity index (χ0v) is 13.4. The van der Waals surface area contributed by atoms with E-state index in [1.54, 1.807) is 7.11 Å². The predicted octanol–water partition coefficient (Wildman–Crippen LogP) is 2.86. The van der Waals surface area contributed by atoms with Crippen LogP contribution in [0.5, 0.6) is 0 Å². The van der Waals surface area contributed by atoms with E-state index in [2.05, 4.69) is 49.3 Å². The maximum Gasteiger partial charge on any atom is 0.230 e. The van der Waals surface area contributed by atoms with Gasteiger partial charge in [0.25, 0.3) is 0 Å². The van der Waals surface area contributed by atoms with Crippen molar-refractivity contribution in [2.24, 2.45) is 17.3 Å². The lowest BCUT2D eigenvalue weighted by molar-refractivity contribution is -0.118. The number of methoxy groups -OCH3 is 1. The number of allylic oxidation sites excluding steroid dienone is 2. The SMILES string of the molecule is COCc1nnc(NC(=O)C2C(C=C(C)C)C2(C)C)s1. The van der Waals surface area contributed by atoms with E-state index in [-0.39, 0.29) is 17.2 Å². The summed E-state index contributed by atoms with van der Waals surface area (Å²) in [4.78, 5) is 12.3. The highest BCUT2D eigenvalue weighted by Gasteiger charge is 2.60. The number of nitrogens with zero attached hydrogens (tertiary/aromatic N) is 2. The maximum atomic E-state index is 12.3. The summed E-state index contributed by atoms with van der Waals surface area (Å²) in [5, 5.41) is 12.1.